The first-order chi connectivity index (χ1) is 14.7. The molecule has 1 unspecified atom stereocenters. The fourth-order valence-electron chi connectivity index (χ4n) is 4.08. The van der Waals surface area contributed by atoms with Crippen molar-refractivity contribution in [2.75, 3.05) is 24.5 Å². The predicted octanol–water partition coefficient (Wildman–Crippen LogP) is 4.41. The third-order valence-corrected chi connectivity index (χ3v) is 5.73. The lowest BCUT2D eigenvalue weighted by Crippen LogP contribution is -2.45. The van der Waals surface area contributed by atoms with Crippen LogP contribution in [0, 0.1) is 5.92 Å². The second kappa shape index (κ2) is 9.53. The normalized spacial score (nSPS) is 16.3. The van der Waals surface area contributed by atoms with Crippen molar-refractivity contribution in [3.63, 3.8) is 0 Å². The molecule has 5 heteroatoms. The number of aromatic nitrogens is 2. The monoisotopic (exact) mass is 400 g/mol. The van der Waals surface area contributed by atoms with Crippen molar-refractivity contribution in [2.24, 2.45) is 5.92 Å². The van der Waals surface area contributed by atoms with Gasteiger partial charge in [0.05, 0.1) is 11.6 Å². The lowest BCUT2D eigenvalue weighted by molar-refractivity contribution is -0.136. The quantitative estimate of drug-likeness (QED) is 0.615. The van der Waals surface area contributed by atoms with E-state index in [9.17, 15) is 4.79 Å². The van der Waals surface area contributed by atoms with Crippen LogP contribution in [-0.4, -0.2) is 40.4 Å². The van der Waals surface area contributed by atoms with E-state index in [-0.39, 0.29) is 11.8 Å². The van der Waals surface area contributed by atoms with Crippen LogP contribution >= 0.6 is 0 Å². The smallest absolute Gasteiger partial charge is 0.227 e. The highest BCUT2D eigenvalue weighted by Crippen LogP contribution is 2.26. The first kappa shape index (κ1) is 20.1. The third kappa shape index (κ3) is 4.67. The Hall–Kier alpha value is -3.21. The molecule has 2 heterocycles. The number of carbonyl (C=O) groups excluding carboxylic acids is 1. The number of anilines is 1. The van der Waals surface area contributed by atoms with Crippen LogP contribution in [0.1, 0.15) is 25.3 Å². The molecule has 0 radical (unpaired) electrons. The minimum Gasteiger partial charge on any atom is -0.356 e. The molecule has 1 saturated heterocycles. The van der Waals surface area contributed by atoms with E-state index in [2.05, 4.69) is 46.1 Å². The van der Waals surface area contributed by atoms with E-state index in [0.29, 0.717) is 13.1 Å². The van der Waals surface area contributed by atoms with Crippen molar-refractivity contribution in [1.29, 1.82) is 0 Å². The highest BCUT2D eigenvalue weighted by atomic mass is 16.2. The minimum atomic E-state index is -0.00227. The summed E-state index contributed by atoms with van der Waals surface area (Å²) in [5, 5.41) is 0. The van der Waals surface area contributed by atoms with E-state index in [1.54, 1.807) is 6.33 Å². The Morgan fingerprint density at radius 3 is 2.53 bits per heavy atom. The van der Waals surface area contributed by atoms with Crippen molar-refractivity contribution in [2.45, 2.75) is 26.3 Å². The molecule has 1 atom stereocenters. The molecule has 1 fully saturated rings. The molecule has 1 aromatic heterocycles. The predicted molar refractivity (Wildman–Crippen MR) is 120 cm³/mol. The molecule has 1 aliphatic rings. The summed E-state index contributed by atoms with van der Waals surface area (Å²) in [6.07, 6.45) is 3.54. The van der Waals surface area contributed by atoms with Gasteiger partial charge in [-0.1, -0.05) is 60.7 Å². The fourth-order valence-corrected chi connectivity index (χ4v) is 4.08. The van der Waals surface area contributed by atoms with Gasteiger partial charge in [0, 0.05) is 37.8 Å². The van der Waals surface area contributed by atoms with Gasteiger partial charge in [-0.15, -0.1) is 0 Å². The molecule has 0 aliphatic carbocycles. The zero-order valence-corrected chi connectivity index (χ0v) is 17.4. The number of carbonyl (C=O) groups is 1. The maximum Gasteiger partial charge on any atom is 0.227 e. The zero-order valence-electron chi connectivity index (χ0n) is 17.4. The summed E-state index contributed by atoms with van der Waals surface area (Å²) < 4.78 is 0. The van der Waals surface area contributed by atoms with Gasteiger partial charge in [0.2, 0.25) is 5.91 Å². The average Bonchev–Trinajstić information content (AvgIpc) is 2.83. The standard InChI is InChI=1S/C25H28N4O/c1-2-28(17-20-10-5-3-6-11-20)25(30)22-14-9-15-29(18-22)24-16-23(26-19-27-24)21-12-7-4-8-13-21/h3-8,10-13,16,19,22H,2,9,14-15,17-18H2,1H3. The average molecular weight is 401 g/mol. The van der Waals surface area contributed by atoms with Crippen LogP contribution in [0.25, 0.3) is 11.3 Å². The van der Waals surface area contributed by atoms with Gasteiger partial charge in [-0.25, -0.2) is 9.97 Å². The molecular formula is C25H28N4O. The number of amides is 1. The second-order valence-corrected chi connectivity index (χ2v) is 7.75. The van der Waals surface area contributed by atoms with Crippen molar-refractivity contribution in [3.05, 3.63) is 78.6 Å². The molecular weight excluding hydrogens is 372 g/mol. The van der Waals surface area contributed by atoms with Crippen molar-refractivity contribution in [1.82, 2.24) is 14.9 Å². The Kier molecular flexibility index (Phi) is 6.38. The summed E-state index contributed by atoms with van der Waals surface area (Å²) in [6, 6.07) is 22.4. The number of benzene rings is 2. The minimum absolute atomic E-state index is 0.00227. The lowest BCUT2D eigenvalue weighted by Gasteiger charge is -2.35. The third-order valence-electron chi connectivity index (χ3n) is 5.73. The van der Waals surface area contributed by atoms with E-state index < -0.39 is 0 Å². The van der Waals surface area contributed by atoms with Crippen molar-refractivity contribution in [3.8, 4) is 11.3 Å². The van der Waals surface area contributed by atoms with E-state index in [4.69, 9.17) is 0 Å². The van der Waals surface area contributed by atoms with Crippen LogP contribution in [0.3, 0.4) is 0 Å². The van der Waals surface area contributed by atoms with E-state index in [1.165, 1.54) is 5.56 Å². The van der Waals surface area contributed by atoms with Crippen LogP contribution in [0.15, 0.2) is 73.1 Å². The summed E-state index contributed by atoms with van der Waals surface area (Å²) in [4.78, 5) is 26.4. The Bertz CT molecular complexity index is 961. The molecule has 0 saturated carbocycles. The molecule has 2 aromatic carbocycles. The lowest BCUT2D eigenvalue weighted by atomic mass is 9.96. The topological polar surface area (TPSA) is 49.3 Å². The van der Waals surface area contributed by atoms with Crippen LogP contribution in [0.5, 0.6) is 0 Å². The summed E-state index contributed by atoms with van der Waals surface area (Å²) in [7, 11) is 0. The summed E-state index contributed by atoms with van der Waals surface area (Å²) in [5.41, 5.74) is 3.16. The zero-order chi connectivity index (χ0) is 20.8. The second-order valence-electron chi connectivity index (χ2n) is 7.75. The van der Waals surface area contributed by atoms with Gasteiger partial charge in [0.1, 0.15) is 12.1 Å². The molecule has 5 nitrogen and oxygen atoms in total. The van der Waals surface area contributed by atoms with Crippen molar-refractivity contribution >= 4 is 11.7 Å². The van der Waals surface area contributed by atoms with Crippen LogP contribution in [0.2, 0.25) is 0 Å². The van der Waals surface area contributed by atoms with Crippen LogP contribution in [0.4, 0.5) is 5.82 Å². The molecule has 0 N–H and O–H groups in total. The Morgan fingerprint density at radius 2 is 1.80 bits per heavy atom. The number of nitrogens with zero attached hydrogens (tertiary/aromatic N) is 4. The molecule has 3 aromatic rings. The number of rotatable bonds is 6. The SMILES string of the molecule is CCN(Cc1ccccc1)C(=O)C1CCCN(c2cc(-c3ccccc3)ncn2)C1. The van der Waals surface area contributed by atoms with E-state index in [0.717, 1.165) is 43.0 Å². The van der Waals surface area contributed by atoms with Gasteiger partial charge in [0.15, 0.2) is 0 Å². The van der Waals surface area contributed by atoms with Crippen LogP contribution < -0.4 is 4.90 Å². The van der Waals surface area contributed by atoms with Gasteiger partial charge >= 0.3 is 0 Å². The molecule has 4 rings (SSSR count). The molecule has 1 amide bonds. The van der Waals surface area contributed by atoms with Gasteiger partial charge in [-0.05, 0) is 25.3 Å². The highest BCUT2D eigenvalue weighted by molar-refractivity contribution is 5.80. The molecule has 0 bridgehead atoms. The Labute approximate surface area is 178 Å². The first-order valence-corrected chi connectivity index (χ1v) is 10.7. The molecule has 1 aliphatic heterocycles. The van der Waals surface area contributed by atoms with Crippen LogP contribution in [-0.2, 0) is 11.3 Å². The fraction of sp³-hybridized carbons (Fsp3) is 0.320. The van der Waals surface area contributed by atoms with Gasteiger partial charge in [-0.3, -0.25) is 4.79 Å². The Morgan fingerprint density at radius 1 is 1.07 bits per heavy atom. The first-order valence-electron chi connectivity index (χ1n) is 10.7. The summed E-state index contributed by atoms with van der Waals surface area (Å²) in [5.74, 6) is 1.13. The number of hydrogen-bond donors (Lipinski definition) is 0. The number of hydrogen-bond acceptors (Lipinski definition) is 4. The van der Waals surface area contributed by atoms with E-state index >= 15 is 0 Å². The number of piperidine rings is 1. The largest absolute Gasteiger partial charge is 0.356 e. The highest BCUT2D eigenvalue weighted by Gasteiger charge is 2.29. The maximum absolute atomic E-state index is 13.3. The van der Waals surface area contributed by atoms with Gasteiger partial charge in [0.25, 0.3) is 0 Å². The Balaban J connectivity index is 1.47. The maximum atomic E-state index is 13.3. The molecule has 154 valence electrons. The molecule has 0 spiro atoms. The van der Waals surface area contributed by atoms with Gasteiger partial charge < -0.3 is 9.80 Å². The van der Waals surface area contributed by atoms with Gasteiger partial charge in [-0.2, -0.15) is 0 Å². The van der Waals surface area contributed by atoms with Crippen molar-refractivity contribution < 1.29 is 4.79 Å². The summed E-state index contributed by atoms with van der Waals surface area (Å²) >= 11 is 0. The molecule has 30 heavy (non-hydrogen) atoms. The van der Waals surface area contributed by atoms with E-state index in [1.807, 2.05) is 47.4 Å². The summed E-state index contributed by atoms with van der Waals surface area (Å²) in [6.45, 7) is 5.06.